The van der Waals surface area contributed by atoms with Crippen LogP contribution in [0.15, 0.2) is 60.2 Å². The fourth-order valence-corrected chi connectivity index (χ4v) is 3.13. The Morgan fingerprint density at radius 1 is 0.880 bits per heavy atom. The highest BCUT2D eigenvalue weighted by molar-refractivity contribution is 5.72. The van der Waals surface area contributed by atoms with Crippen LogP contribution in [0.5, 0.6) is 0 Å². The number of hydrogen-bond donors (Lipinski definition) is 0. The normalized spacial score (nSPS) is 14.4. The minimum absolute atomic E-state index is 0.134. The number of allylic oxidation sites excluding steroid dienone is 1. The van der Waals surface area contributed by atoms with Crippen LogP contribution in [0.3, 0.4) is 0 Å². The van der Waals surface area contributed by atoms with Gasteiger partial charge in [-0.2, -0.15) is 10.5 Å². The molecule has 0 aliphatic carbocycles. The van der Waals surface area contributed by atoms with Crippen molar-refractivity contribution in [1.82, 2.24) is 4.90 Å². The molecular weight excluding hydrogens is 308 g/mol. The quantitative estimate of drug-likeness (QED) is 0.807. The fourth-order valence-electron chi connectivity index (χ4n) is 3.13. The zero-order valence-electron chi connectivity index (χ0n) is 14.1. The standard InChI is InChI=1S/C21H20N4/c22-15-19(16-23)14-20-8-4-5-9-21(20)25-12-10-24(11-13-25)17-18-6-2-1-3-7-18/h1-9,14H,10-13,17H2. The molecule has 0 amide bonds. The lowest BCUT2D eigenvalue weighted by molar-refractivity contribution is 0.250. The van der Waals surface area contributed by atoms with Crippen molar-refractivity contribution in [1.29, 1.82) is 10.5 Å². The van der Waals surface area contributed by atoms with Crippen LogP contribution >= 0.6 is 0 Å². The van der Waals surface area contributed by atoms with E-state index in [-0.39, 0.29) is 5.57 Å². The first kappa shape index (κ1) is 16.8. The van der Waals surface area contributed by atoms with Crippen LogP contribution in [-0.4, -0.2) is 31.1 Å². The summed E-state index contributed by atoms with van der Waals surface area (Å²) in [4.78, 5) is 4.79. The Hall–Kier alpha value is -3.08. The summed E-state index contributed by atoms with van der Waals surface area (Å²) in [6, 6.07) is 22.4. The smallest absolute Gasteiger partial charge is 0.130 e. The van der Waals surface area contributed by atoms with Crippen LogP contribution in [0, 0.1) is 22.7 Å². The topological polar surface area (TPSA) is 54.1 Å². The van der Waals surface area contributed by atoms with Crippen molar-refractivity contribution in [2.45, 2.75) is 6.54 Å². The van der Waals surface area contributed by atoms with E-state index in [1.165, 1.54) is 5.56 Å². The Balaban J connectivity index is 1.69. The van der Waals surface area contributed by atoms with Gasteiger partial charge in [0, 0.05) is 38.4 Å². The zero-order valence-corrected chi connectivity index (χ0v) is 14.1. The molecule has 1 saturated heterocycles. The molecule has 1 fully saturated rings. The van der Waals surface area contributed by atoms with Gasteiger partial charge in [-0.1, -0.05) is 48.5 Å². The Labute approximate surface area is 148 Å². The highest BCUT2D eigenvalue weighted by Crippen LogP contribution is 2.24. The molecule has 1 aliphatic heterocycles. The van der Waals surface area contributed by atoms with E-state index in [4.69, 9.17) is 10.5 Å². The monoisotopic (exact) mass is 328 g/mol. The van der Waals surface area contributed by atoms with Crippen molar-refractivity contribution in [2.24, 2.45) is 0 Å². The zero-order chi connectivity index (χ0) is 17.5. The molecule has 0 saturated carbocycles. The van der Waals surface area contributed by atoms with E-state index in [0.717, 1.165) is 44.0 Å². The molecule has 0 atom stereocenters. The van der Waals surface area contributed by atoms with Gasteiger partial charge in [0.1, 0.15) is 17.7 Å². The van der Waals surface area contributed by atoms with Gasteiger partial charge in [-0.3, -0.25) is 4.90 Å². The molecular formula is C21H20N4. The van der Waals surface area contributed by atoms with E-state index in [9.17, 15) is 0 Å². The molecule has 3 rings (SSSR count). The Morgan fingerprint density at radius 3 is 2.20 bits per heavy atom. The van der Waals surface area contributed by atoms with Gasteiger partial charge in [0.2, 0.25) is 0 Å². The van der Waals surface area contributed by atoms with Gasteiger partial charge >= 0.3 is 0 Å². The van der Waals surface area contributed by atoms with Crippen LogP contribution in [-0.2, 0) is 6.54 Å². The lowest BCUT2D eigenvalue weighted by atomic mass is 10.1. The van der Waals surface area contributed by atoms with Gasteiger partial charge in [-0.25, -0.2) is 0 Å². The molecule has 4 nitrogen and oxygen atoms in total. The molecule has 0 bridgehead atoms. The summed E-state index contributed by atoms with van der Waals surface area (Å²) in [5.74, 6) is 0. The predicted molar refractivity (Wildman–Crippen MR) is 99.6 cm³/mol. The van der Waals surface area contributed by atoms with Crippen LogP contribution in [0.4, 0.5) is 5.69 Å². The van der Waals surface area contributed by atoms with Crippen molar-refractivity contribution in [3.05, 3.63) is 71.3 Å². The lowest BCUT2D eigenvalue weighted by Crippen LogP contribution is -2.46. The second-order valence-electron chi connectivity index (χ2n) is 6.09. The third-order valence-electron chi connectivity index (χ3n) is 4.44. The van der Waals surface area contributed by atoms with Crippen LogP contribution in [0.1, 0.15) is 11.1 Å². The molecule has 4 heteroatoms. The minimum atomic E-state index is 0.134. The molecule has 124 valence electrons. The summed E-state index contributed by atoms with van der Waals surface area (Å²) in [7, 11) is 0. The van der Waals surface area contributed by atoms with Crippen molar-refractivity contribution in [3.8, 4) is 12.1 Å². The molecule has 0 N–H and O–H groups in total. The van der Waals surface area contributed by atoms with Crippen molar-refractivity contribution >= 4 is 11.8 Å². The minimum Gasteiger partial charge on any atom is -0.368 e. The van der Waals surface area contributed by atoms with Crippen LogP contribution < -0.4 is 4.90 Å². The molecule has 2 aromatic carbocycles. The SMILES string of the molecule is N#CC(C#N)=Cc1ccccc1N1CCN(Cc2ccccc2)CC1. The number of benzene rings is 2. The molecule has 0 unspecified atom stereocenters. The highest BCUT2D eigenvalue weighted by Gasteiger charge is 2.18. The molecule has 2 aromatic rings. The van der Waals surface area contributed by atoms with E-state index in [1.54, 1.807) is 6.08 Å². The summed E-state index contributed by atoms with van der Waals surface area (Å²) < 4.78 is 0. The van der Waals surface area contributed by atoms with Gasteiger partial charge in [0.05, 0.1) is 0 Å². The molecule has 0 spiro atoms. The molecule has 1 heterocycles. The number of nitrogens with zero attached hydrogens (tertiary/aromatic N) is 4. The van der Waals surface area contributed by atoms with E-state index >= 15 is 0 Å². The second kappa shape index (κ2) is 8.15. The fraction of sp³-hybridized carbons (Fsp3) is 0.238. The summed E-state index contributed by atoms with van der Waals surface area (Å²) in [6.45, 7) is 4.84. The molecule has 0 radical (unpaired) electrons. The van der Waals surface area contributed by atoms with Gasteiger partial charge < -0.3 is 4.90 Å². The number of rotatable bonds is 4. The Kier molecular flexibility index (Phi) is 5.46. The largest absolute Gasteiger partial charge is 0.368 e. The first-order valence-corrected chi connectivity index (χ1v) is 8.42. The Morgan fingerprint density at radius 2 is 1.52 bits per heavy atom. The van der Waals surface area contributed by atoms with Crippen LogP contribution in [0.2, 0.25) is 0 Å². The average molecular weight is 328 g/mol. The van der Waals surface area contributed by atoms with Crippen molar-refractivity contribution in [2.75, 3.05) is 31.1 Å². The van der Waals surface area contributed by atoms with Gasteiger partial charge in [-0.15, -0.1) is 0 Å². The molecule has 0 aromatic heterocycles. The van der Waals surface area contributed by atoms with Gasteiger partial charge in [-0.05, 0) is 23.3 Å². The van der Waals surface area contributed by atoms with E-state index < -0.39 is 0 Å². The van der Waals surface area contributed by atoms with Gasteiger partial charge in [0.25, 0.3) is 0 Å². The summed E-state index contributed by atoms with van der Waals surface area (Å²) >= 11 is 0. The first-order valence-electron chi connectivity index (χ1n) is 8.42. The predicted octanol–water partition coefficient (Wildman–Crippen LogP) is 3.44. The van der Waals surface area contributed by atoms with Crippen molar-refractivity contribution < 1.29 is 0 Å². The maximum atomic E-state index is 9.00. The molecule has 1 aliphatic rings. The highest BCUT2D eigenvalue weighted by atomic mass is 15.3. The van der Waals surface area contributed by atoms with E-state index in [2.05, 4.69) is 40.1 Å². The Bertz CT molecular complexity index is 803. The maximum Gasteiger partial charge on any atom is 0.130 e. The summed E-state index contributed by atoms with van der Waals surface area (Å²) in [6.07, 6.45) is 1.67. The third-order valence-corrected chi connectivity index (χ3v) is 4.44. The third kappa shape index (κ3) is 4.26. The number of nitriles is 2. The maximum absolute atomic E-state index is 9.00. The first-order chi connectivity index (χ1) is 12.3. The summed E-state index contributed by atoms with van der Waals surface area (Å²) in [5.41, 5.74) is 3.49. The number of piperazine rings is 1. The van der Waals surface area contributed by atoms with E-state index in [1.807, 2.05) is 36.4 Å². The second-order valence-corrected chi connectivity index (χ2v) is 6.09. The number of hydrogen-bond acceptors (Lipinski definition) is 4. The van der Waals surface area contributed by atoms with Crippen LogP contribution in [0.25, 0.3) is 6.08 Å². The lowest BCUT2D eigenvalue weighted by Gasteiger charge is -2.36. The van der Waals surface area contributed by atoms with Gasteiger partial charge in [0.15, 0.2) is 0 Å². The average Bonchev–Trinajstić information content (AvgIpc) is 2.68. The number of anilines is 1. The summed E-state index contributed by atoms with van der Waals surface area (Å²) in [5, 5.41) is 18.0. The number of para-hydroxylation sites is 1. The molecule has 25 heavy (non-hydrogen) atoms. The van der Waals surface area contributed by atoms with Crippen molar-refractivity contribution in [3.63, 3.8) is 0 Å². The van der Waals surface area contributed by atoms with E-state index in [0.29, 0.717) is 0 Å².